The SMILES string of the molecule is CC(Cc1ccccc1)=NNC(=O)CCCCCC(=O)NN=C(C)Cc1ccccc1. The Kier molecular flexibility index (Phi) is 10.7. The molecule has 6 heteroatoms. The normalized spacial score (nSPS) is 11.8. The highest BCUT2D eigenvalue weighted by atomic mass is 16.2. The summed E-state index contributed by atoms with van der Waals surface area (Å²) < 4.78 is 0. The summed E-state index contributed by atoms with van der Waals surface area (Å²) in [5, 5.41) is 8.31. The first-order valence-corrected chi connectivity index (χ1v) is 10.7. The number of hydrogen-bond donors (Lipinski definition) is 2. The lowest BCUT2D eigenvalue weighted by Crippen LogP contribution is -2.20. The second kappa shape index (κ2) is 13.9. The first-order chi connectivity index (χ1) is 15.0. The van der Waals surface area contributed by atoms with Crippen molar-refractivity contribution >= 4 is 23.2 Å². The highest BCUT2D eigenvalue weighted by Gasteiger charge is 2.04. The van der Waals surface area contributed by atoms with Crippen molar-refractivity contribution in [1.29, 1.82) is 0 Å². The zero-order valence-corrected chi connectivity index (χ0v) is 18.4. The van der Waals surface area contributed by atoms with E-state index in [0.29, 0.717) is 25.7 Å². The van der Waals surface area contributed by atoms with Crippen molar-refractivity contribution in [1.82, 2.24) is 10.9 Å². The van der Waals surface area contributed by atoms with Gasteiger partial charge >= 0.3 is 0 Å². The van der Waals surface area contributed by atoms with Crippen LogP contribution in [0, 0.1) is 0 Å². The molecule has 2 aromatic rings. The number of nitrogens with one attached hydrogen (secondary N) is 2. The molecule has 0 aliphatic carbocycles. The van der Waals surface area contributed by atoms with Gasteiger partial charge in [0.2, 0.25) is 11.8 Å². The van der Waals surface area contributed by atoms with Crippen LogP contribution >= 0.6 is 0 Å². The van der Waals surface area contributed by atoms with Crippen LogP contribution < -0.4 is 10.9 Å². The van der Waals surface area contributed by atoms with Gasteiger partial charge in [-0.3, -0.25) is 9.59 Å². The van der Waals surface area contributed by atoms with E-state index in [0.717, 1.165) is 41.8 Å². The first kappa shape index (κ1) is 24.0. The molecule has 0 aliphatic rings. The fraction of sp³-hybridized carbons (Fsp3) is 0.360. The minimum Gasteiger partial charge on any atom is -0.273 e. The highest BCUT2D eigenvalue weighted by molar-refractivity contribution is 5.86. The van der Waals surface area contributed by atoms with Gasteiger partial charge in [0.1, 0.15) is 0 Å². The molecular formula is C25H32N4O2. The summed E-state index contributed by atoms with van der Waals surface area (Å²) in [6.45, 7) is 3.80. The Balaban J connectivity index is 1.54. The maximum absolute atomic E-state index is 11.9. The average molecular weight is 421 g/mol. The molecule has 6 nitrogen and oxygen atoms in total. The molecule has 2 amide bonds. The largest absolute Gasteiger partial charge is 0.273 e. The number of amides is 2. The Hall–Kier alpha value is -3.28. The van der Waals surface area contributed by atoms with E-state index >= 15 is 0 Å². The second-order valence-electron chi connectivity index (χ2n) is 7.65. The minimum absolute atomic E-state index is 0.0991. The monoisotopic (exact) mass is 420 g/mol. The summed E-state index contributed by atoms with van der Waals surface area (Å²) in [5.41, 5.74) is 9.26. The van der Waals surface area contributed by atoms with Gasteiger partial charge in [0.15, 0.2) is 0 Å². The molecule has 2 aromatic carbocycles. The average Bonchev–Trinajstić information content (AvgIpc) is 2.77. The second-order valence-corrected chi connectivity index (χ2v) is 7.65. The van der Waals surface area contributed by atoms with Crippen LogP contribution in [-0.2, 0) is 22.4 Å². The van der Waals surface area contributed by atoms with Crippen molar-refractivity contribution in [3.05, 3.63) is 71.8 Å². The van der Waals surface area contributed by atoms with Crippen molar-refractivity contribution in [2.75, 3.05) is 0 Å². The van der Waals surface area contributed by atoms with Crippen molar-refractivity contribution in [3.63, 3.8) is 0 Å². The van der Waals surface area contributed by atoms with Crippen molar-refractivity contribution in [2.24, 2.45) is 10.2 Å². The molecule has 2 rings (SSSR count). The molecule has 0 heterocycles. The predicted molar refractivity (Wildman–Crippen MR) is 126 cm³/mol. The predicted octanol–water partition coefficient (Wildman–Crippen LogP) is 4.41. The smallest absolute Gasteiger partial charge is 0.240 e. The quantitative estimate of drug-likeness (QED) is 0.303. The molecule has 0 spiro atoms. The van der Waals surface area contributed by atoms with Gasteiger partial charge in [-0.1, -0.05) is 67.1 Å². The molecule has 0 unspecified atom stereocenters. The van der Waals surface area contributed by atoms with E-state index in [1.807, 2.05) is 74.5 Å². The summed E-state index contributed by atoms with van der Waals surface area (Å²) in [5.74, 6) is -0.198. The zero-order chi connectivity index (χ0) is 22.3. The van der Waals surface area contributed by atoms with Gasteiger partial charge in [-0.15, -0.1) is 0 Å². The first-order valence-electron chi connectivity index (χ1n) is 10.7. The molecule has 0 radical (unpaired) electrons. The Labute approximate surface area is 184 Å². The molecule has 0 aliphatic heterocycles. The third-order valence-corrected chi connectivity index (χ3v) is 4.66. The van der Waals surface area contributed by atoms with Gasteiger partial charge in [-0.05, 0) is 37.8 Å². The van der Waals surface area contributed by atoms with Crippen molar-refractivity contribution < 1.29 is 9.59 Å². The Morgan fingerprint density at radius 2 is 1.03 bits per heavy atom. The van der Waals surface area contributed by atoms with Crippen LogP contribution in [0.1, 0.15) is 57.1 Å². The lowest BCUT2D eigenvalue weighted by atomic mass is 10.1. The summed E-state index contributed by atoms with van der Waals surface area (Å²) in [6.07, 6.45) is 4.48. The summed E-state index contributed by atoms with van der Waals surface area (Å²) >= 11 is 0. The van der Waals surface area contributed by atoms with E-state index in [-0.39, 0.29) is 11.8 Å². The van der Waals surface area contributed by atoms with Gasteiger partial charge in [-0.25, -0.2) is 10.9 Å². The summed E-state index contributed by atoms with van der Waals surface area (Å²) in [4.78, 5) is 23.8. The Morgan fingerprint density at radius 1 is 0.645 bits per heavy atom. The molecule has 0 saturated carbocycles. The lowest BCUT2D eigenvalue weighted by molar-refractivity contribution is -0.121. The van der Waals surface area contributed by atoms with E-state index in [2.05, 4.69) is 21.1 Å². The van der Waals surface area contributed by atoms with Crippen molar-refractivity contribution in [3.8, 4) is 0 Å². The molecule has 2 N–H and O–H groups in total. The van der Waals surface area contributed by atoms with Crippen LogP contribution in [0.4, 0.5) is 0 Å². The molecule has 0 atom stereocenters. The molecule has 164 valence electrons. The molecule has 0 saturated heterocycles. The van der Waals surface area contributed by atoms with Crippen LogP contribution in [0.3, 0.4) is 0 Å². The fourth-order valence-corrected chi connectivity index (χ4v) is 3.04. The van der Waals surface area contributed by atoms with E-state index in [9.17, 15) is 9.59 Å². The van der Waals surface area contributed by atoms with Crippen molar-refractivity contribution in [2.45, 2.75) is 58.8 Å². The molecule has 0 bridgehead atoms. The fourth-order valence-electron chi connectivity index (χ4n) is 3.04. The maximum Gasteiger partial charge on any atom is 0.240 e. The number of unbranched alkanes of at least 4 members (excludes halogenated alkanes) is 2. The van der Waals surface area contributed by atoms with Crippen LogP contribution in [-0.4, -0.2) is 23.2 Å². The van der Waals surface area contributed by atoms with Gasteiger partial charge in [0.05, 0.1) is 0 Å². The summed E-state index contributed by atoms with van der Waals surface area (Å²) in [7, 11) is 0. The maximum atomic E-state index is 11.9. The van der Waals surface area contributed by atoms with Crippen LogP contribution in [0.25, 0.3) is 0 Å². The molecular weight excluding hydrogens is 388 g/mol. The third-order valence-electron chi connectivity index (χ3n) is 4.66. The number of carbonyl (C=O) groups is 2. The van der Waals surface area contributed by atoms with Gasteiger partial charge in [0.25, 0.3) is 0 Å². The number of nitrogens with zero attached hydrogens (tertiary/aromatic N) is 2. The molecule has 0 fully saturated rings. The van der Waals surface area contributed by atoms with Gasteiger partial charge in [0, 0.05) is 37.1 Å². The van der Waals surface area contributed by atoms with E-state index in [4.69, 9.17) is 0 Å². The van der Waals surface area contributed by atoms with E-state index in [1.54, 1.807) is 0 Å². The zero-order valence-electron chi connectivity index (χ0n) is 18.4. The number of hydrazone groups is 2. The van der Waals surface area contributed by atoms with E-state index in [1.165, 1.54) is 0 Å². The number of rotatable bonds is 12. The van der Waals surface area contributed by atoms with Gasteiger partial charge < -0.3 is 0 Å². The van der Waals surface area contributed by atoms with Crippen LogP contribution in [0.5, 0.6) is 0 Å². The lowest BCUT2D eigenvalue weighted by Gasteiger charge is -2.04. The van der Waals surface area contributed by atoms with E-state index < -0.39 is 0 Å². The topological polar surface area (TPSA) is 82.9 Å². The van der Waals surface area contributed by atoms with Crippen LogP contribution in [0.2, 0.25) is 0 Å². The molecule has 31 heavy (non-hydrogen) atoms. The highest BCUT2D eigenvalue weighted by Crippen LogP contribution is 2.04. The Bertz CT molecular complexity index is 803. The third kappa shape index (κ3) is 10.9. The molecule has 0 aromatic heterocycles. The van der Waals surface area contributed by atoms with Gasteiger partial charge in [-0.2, -0.15) is 10.2 Å². The number of hydrogen-bond acceptors (Lipinski definition) is 4. The standard InChI is InChI=1S/C25H32N4O2/c1-20(18-22-12-6-3-7-13-22)26-28-24(30)16-10-5-11-17-25(31)29-27-21(2)19-23-14-8-4-9-15-23/h3-4,6-9,12-15H,5,10-11,16-19H2,1-2H3,(H,28,30)(H,29,31). The summed E-state index contributed by atoms with van der Waals surface area (Å²) in [6, 6.07) is 20.0. The number of benzene rings is 2. The Morgan fingerprint density at radius 3 is 1.42 bits per heavy atom. The number of carbonyl (C=O) groups excluding carboxylic acids is 2. The van der Waals surface area contributed by atoms with Crippen LogP contribution in [0.15, 0.2) is 70.9 Å². The minimum atomic E-state index is -0.0991.